The molecular formula is C19H21FN2O4. The molecule has 0 bridgehead atoms. The van der Waals surface area contributed by atoms with Crippen LogP contribution in [0, 0.1) is 23.1 Å². The maximum atomic E-state index is 13.9. The van der Waals surface area contributed by atoms with Gasteiger partial charge in [0.2, 0.25) is 5.91 Å². The topological polar surface area (TPSA) is 77.9 Å². The lowest BCUT2D eigenvalue weighted by molar-refractivity contribution is -0.149. The first-order valence-corrected chi connectivity index (χ1v) is 8.98. The number of nitrogens with zero attached hydrogens (tertiary/aromatic N) is 2. The second kappa shape index (κ2) is 6.07. The lowest BCUT2D eigenvalue weighted by Gasteiger charge is -2.31. The average Bonchev–Trinajstić information content (AvgIpc) is 3.08. The SMILES string of the molecule is O=C(c1ccccc1F)N1CC2CN(C(=O)C3CCC3)C[C@@]2(C(=O)O)C1. The lowest BCUT2D eigenvalue weighted by Crippen LogP contribution is -2.45. The normalized spacial score (nSPS) is 28.0. The van der Waals surface area contributed by atoms with Crippen LogP contribution in [-0.2, 0) is 9.59 Å². The van der Waals surface area contributed by atoms with Crippen molar-refractivity contribution in [2.24, 2.45) is 17.3 Å². The maximum absolute atomic E-state index is 13.9. The monoisotopic (exact) mass is 360 g/mol. The minimum atomic E-state index is -1.15. The zero-order chi connectivity index (χ0) is 18.5. The van der Waals surface area contributed by atoms with Crippen LogP contribution < -0.4 is 0 Å². The number of carbonyl (C=O) groups is 3. The molecule has 1 aromatic carbocycles. The number of hydrogen-bond donors (Lipinski definition) is 1. The van der Waals surface area contributed by atoms with Crippen LogP contribution in [0.4, 0.5) is 4.39 Å². The minimum absolute atomic E-state index is 0.00855. The Balaban J connectivity index is 1.53. The molecule has 0 aromatic heterocycles. The Hall–Kier alpha value is -2.44. The van der Waals surface area contributed by atoms with E-state index in [1.54, 1.807) is 11.0 Å². The number of carboxylic acids is 1. The summed E-state index contributed by atoms with van der Waals surface area (Å²) in [5, 5.41) is 9.86. The van der Waals surface area contributed by atoms with Crippen molar-refractivity contribution in [1.29, 1.82) is 0 Å². The highest BCUT2D eigenvalue weighted by Gasteiger charge is 2.59. The van der Waals surface area contributed by atoms with Gasteiger partial charge in [0, 0.05) is 38.0 Å². The molecule has 1 N–H and O–H groups in total. The van der Waals surface area contributed by atoms with Gasteiger partial charge in [-0.3, -0.25) is 14.4 Å². The Morgan fingerprint density at radius 1 is 1.08 bits per heavy atom. The van der Waals surface area contributed by atoms with Crippen LogP contribution in [-0.4, -0.2) is 58.9 Å². The summed E-state index contributed by atoms with van der Waals surface area (Å²) in [7, 11) is 0. The van der Waals surface area contributed by atoms with Crippen molar-refractivity contribution in [3.8, 4) is 0 Å². The van der Waals surface area contributed by atoms with Gasteiger partial charge in [-0.15, -0.1) is 0 Å². The van der Waals surface area contributed by atoms with Gasteiger partial charge in [-0.05, 0) is 25.0 Å². The molecule has 0 radical (unpaired) electrons. The molecule has 7 heteroatoms. The van der Waals surface area contributed by atoms with E-state index in [1.807, 2.05) is 0 Å². The number of rotatable bonds is 3. The Bertz CT molecular complexity index is 779. The Labute approximate surface area is 150 Å². The summed E-state index contributed by atoms with van der Waals surface area (Å²) in [6, 6.07) is 5.72. The fourth-order valence-electron chi connectivity index (χ4n) is 4.41. The molecule has 3 aliphatic rings. The van der Waals surface area contributed by atoms with Gasteiger partial charge < -0.3 is 14.9 Å². The van der Waals surface area contributed by atoms with Crippen molar-refractivity contribution in [1.82, 2.24) is 9.80 Å². The number of halogens is 1. The molecule has 2 heterocycles. The van der Waals surface area contributed by atoms with Gasteiger partial charge in [-0.25, -0.2) is 4.39 Å². The molecule has 2 saturated heterocycles. The van der Waals surface area contributed by atoms with E-state index >= 15 is 0 Å². The van der Waals surface area contributed by atoms with E-state index in [-0.39, 0.29) is 42.9 Å². The molecule has 0 spiro atoms. The number of carbonyl (C=O) groups excluding carboxylic acids is 2. The number of amides is 2. The second-order valence-electron chi connectivity index (χ2n) is 7.67. The Morgan fingerprint density at radius 2 is 1.73 bits per heavy atom. The van der Waals surface area contributed by atoms with Crippen LogP contribution >= 0.6 is 0 Å². The molecular weight excluding hydrogens is 339 g/mol. The van der Waals surface area contributed by atoms with Crippen LogP contribution in [0.2, 0.25) is 0 Å². The van der Waals surface area contributed by atoms with Crippen LogP contribution in [0.5, 0.6) is 0 Å². The Morgan fingerprint density at radius 3 is 2.31 bits per heavy atom. The standard InChI is InChI=1S/C19H21FN2O4/c20-15-7-2-1-6-14(15)17(24)22-9-13-8-21(16(23)12-4-3-5-12)10-19(13,11-22)18(25)26/h1-2,6-7,12-13H,3-5,8-11H2,(H,25,26)/t13?,19-/m1/s1. The zero-order valence-electron chi connectivity index (χ0n) is 14.4. The van der Waals surface area contributed by atoms with Gasteiger partial charge in [-0.1, -0.05) is 18.6 Å². The first-order valence-electron chi connectivity index (χ1n) is 8.98. The number of fused-ring (bicyclic) bond motifs is 1. The van der Waals surface area contributed by atoms with Crippen molar-refractivity contribution >= 4 is 17.8 Å². The third kappa shape index (κ3) is 2.48. The van der Waals surface area contributed by atoms with Crippen molar-refractivity contribution in [3.63, 3.8) is 0 Å². The highest BCUT2D eigenvalue weighted by Crippen LogP contribution is 2.44. The van der Waals surface area contributed by atoms with E-state index in [4.69, 9.17) is 0 Å². The molecule has 1 aromatic rings. The summed E-state index contributed by atoms with van der Waals surface area (Å²) in [6.07, 6.45) is 2.79. The van der Waals surface area contributed by atoms with E-state index in [9.17, 15) is 23.9 Å². The minimum Gasteiger partial charge on any atom is -0.481 e. The number of benzene rings is 1. The molecule has 1 saturated carbocycles. The largest absolute Gasteiger partial charge is 0.481 e. The van der Waals surface area contributed by atoms with E-state index in [0.717, 1.165) is 19.3 Å². The van der Waals surface area contributed by atoms with Crippen LogP contribution in [0.25, 0.3) is 0 Å². The van der Waals surface area contributed by atoms with Gasteiger partial charge in [0.15, 0.2) is 0 Å². The molecule has 26 heavy (non-hydrogen) atoms. The van der Waals surface area contributed by atoms with Gasteiger partial charge in [0.25, 0.3) is 5.91 Å². The summed E-state index contributed by atoms with van der Waals surface area (Å²) in [5.74, 6) is -2.35. The Kier molecular flexibility index (Phi) is 3.97. The maximum Gasteiger partial charge on any atom is 0.313 e. The number of likely N-dealkylation sites (tertiary alicyclic amines) is 2. The van der Waals surface area contributed by atoms with Gasteiger partial charge in [-0.2, -0.15) is 0 Å². The summed E-state index contributed by atoms with van der Waals surface area (Å²) >= 11 is 0. The van der Waals surface area contributed by atoms with Gasteiger partial charge >= 0.3 is 5.97 Å². The zero-order valence-corrected chi connectivity index (χ0v) is 14.4. The van der Waals surface area contributed by atoms with Crippen LogP contribution in [0.1, 0.15) is 29.6 Å². The molecule has 138 valence electrons. The number of carboxylic acid groups (broad SMARTS) is 1. The quantitative estimate of drug-likeness (QED) is 0.888. The third-order valence-corrected chi connectivity index (χ3v) is 6.19. The molecule has 2 aliphatic heterocycles. The van der Waals surface area contributed by atoms with Gasteiger partial charge in [0.1, 0.15) is 11.2 Å². The molecule has 1 unspecified atom stereocenters. The predicted octanol–water partition coefficient (Wildman–Crippen LogP) is 1.61. The second-order valence-corrected chi connectivity index (χ2v) is 7.67. The molecule has 2 amide bonds. The molecule has 6 nitrogen and oxygen atoms in total. The van der Waals surface area contributed by atoms with Crippen LogP contribution in [0.3, 0.4) is 0 Å². The van der Waals surface area contributed by atoms with Crippen molar-refractivity contribution in [2.75, 3.05) is 26.2 Å². The first kappa shape index (κ1) is 17.0. The van der Waals surface area contributed by atoms with Crippen molar-refractivity contribution in [3.05, 3.63) is 35.6 Å². The van der Waals surface area contributed by atoms with Gasteiger partial charge in [0.05, 0.1) is 5.56 Å². The highest BCUT2D eigenvalue weighted by molar-refractivity contribution is 5.95. The summed E-state index contributed by atoms with van der Waals surface area (Å²) in [5.41, 5.74) is -1.20. The van der Waals surface area contributed by atoms with E-state index < -0.39 is 23.1 Å². The summed E-state index contributed by atoms with van der Waals surface area (Å²) in [6.45, 7) is 0.717. The fraction of sp³-hybridized carbons (Fsp3) is 0.526. The molecule has 4 rings (SSSR count). The number of hydrogen-bond acceptors (Lipinski definition) is 3. The van der Waals surface area contributed by atoms with E-state index in [1.165, 1.54) is 23.1 Å². The van der Waals surface area contributed by atoms with E-state index in [0.29, 0.717) is 6.54 Å². The smallest absolute Gasteiger partial charge is 0.313 e. The summed E-state index contributed by atoms with van der Waals surface area (Å²) in [4.78, 5) is 40.3. The molecule has 2 atom stereocenters. The lowest BCUT2D eigenvalue weighted by atomic mass is 9.81. The first-order chi connectivity index (χ1) is 12.4. The summed E-state index contributed by atoms with van der Waals surface area (Å²) < 4.78 is 13.9. The average molecular weight is 360 g/mol. The van der Waals surface area contributed by atoms with Crippen LogP contribution in [0.15, 0.2) is 24.3 Å². The third-order valence-electron chi connectivity index (χ3n) is 6.19. The predicted molar refractivity (Wildman–Crippen MR) is 89.8 cm³/mol. The highest BCUT2D eigenvalue weighted by atomic mass is 19.1. The molecule has 3 fully saturated rings. The van der Waals surface area contributed by atoms with Crippen molar-refractivity contribution < 1.29 is 23.9 Å². The molecule has 1 aliphatic carbocycles. The fourth-order valence-corrected chi connectivity index (χ4v) is 4.41. The van der Waals surface area contributed by atoms with E-state index in [2.05, 4.69) is 0 Å². The number of aliphatic carboxylic acids is 1. The van der Waals surface area contributed by atoms with Crippen molar-refractivity contribution in [2.45, 2.75) is 19.3 Å².